The summed E-state index contributed by atoms with van der Waals surface area (Å²) in [5.74, 6) is 1.88. The van der Waals surface area contributed by atoms with Crippen LogP contribution in [0.25, 0.3) is 0 Å². The molecule has 0 saturated carbocycles. The Labute approximate surface area is 102 Å². The van der Waals surface area contributed by atoms with Crippen LogP contribution < -0.4 is 5.32 Å². The van der Waals surface area contributed by atoms with E-state index in [1.807, 2.05) is 0 Å². The van der Waals surface area contributed by atoms with Crippen LogP contribution in [0, 0.1) is 0 Å². The number of nitrogens with zero attached hydrogens (tertiary/aromatic N) is 1. The average Bonchev–Trinajstić information content (AvgIpc) is 2.28. The van der Waals surface area contributed by atoms with E-state index in [9.17, 15) is 13.2 Å². The van der Waals surface area contributed by atoms with Crippen LogP contribution in [-0.4, -0.2) is 23.0 Å². The molecule has 17 heavy (non-hydrogen) atoms. The lowest BCUT2D eigenvalue weighted by atomic mass is 10.2. The van der Waals surface area contributed by atoms with Crippen LogP contribution in [0.15, 0.2) is 31.0 Å². The molecule has 6 heteroatoms. The summed E-state index contributed by atoms with van der Waals surface area (Å²) in [6, 6.07) is 1.97. The number of halogens is 3. The van der Waals surface area contributed by atoms with E-state index in [-0.39, 0.29) is 5.82 Å². The standard InChI is InChI=1S/C11H13F3N2S/c1-2-6-17-7-5-16-10-8-9(3-4-15-10)11(12,13)14/h2-4,8H,1,5-7H2,(H,15,16). The second kappa shape index (κ2) is 6.54. The summed E-state index contributed by atoms with van der Waals surface area (Å²) in [5.41, 5.74) is -0.686. The molecule has 94 valence electrons. The third kappa shape index (κ3) is 5.12. The van der Waals surface area contributed by atoms with Crippen LogP contribution in [0.1, 0.15) is 5.56 Å². The van der Waals surface area contributed by atoms with Gasteiger partial charge in [0.1, 0.15) is 5.82 Å². The highest BCUT2D eigenvalue weighted by Gasteiger charge is 2.30. The maximum atomic E-state index is 12.4. The number of rotatable bonds is 6. The molecule has 0 spiro atoms. The van der Waals surface area contributed by atoms with Crippen molar-refractivity contribution in [3.8, 4) is 0 Å². The summed E-state index contributed by atoms with van der Waals surface area (Å²) >= 11 is 1.65. The fraction of sp³-hybridized carbons (Fsp3) is 0.364. The van der Waals surface area contributed by atoms with E-state index in [1.54, 1.807) is 17.8 Å². The van der Waals surface area contributed by atoms with E-state index in [0.29, 0.717) is 6.54 Å². The van der Waals surface area contributed by atoms with Crippen molar-refractivity contribution in [1.29, 1.82) is 0 Å². The zero-order valence-electron chi connectivity index (χ0n) is 9.13. The second-order valence-corrected chi connectivity index (χ2v) is 4.37. The van der Waals surface area contributed by atoms with Crippen molar-refractivity contribution < 1.29 is 13.2 Å². The van der Waals surface area contributed by atoms with Crippen molar-refractivity contribution in [3.63, 3.8) is 0 Å². The van der Waals surface area contributed by atoms with Gasteiger partial charge in [0.25, 0.3) is 0 Å². The molecule has 0 amide bonds. The molecular formula is C11H13F3N2S. The number of aromatic nitrogens is 1. The summed E-state index contributed by atoms with van der Waals surface area (Å²) < 4.78 is 37.2. The van der Waals surface area contributed by atoms with Gasteiger partial charge in [0.15, 0.2) is 0 Å². The molecule has 0 fully saturated rings. The van der Waals surface area contributed by atoms with Gasteiger partial charge in [0, 0.05) is 24.2 Å². The minimum Gasteiger partial charge on any atom is -0.369 e. The predicted octanol–water partition coefficient (Wildman–Crippen LogP) is 3.43. The largest absolute Gasteiger partial charge is 0.416 e. The SMILES string of the molecule is C=CCSCCNc1cc(C(F)(F)F)ccn1. The van der Waals surface area contributed by atoms with Crippen molar-refractivity contribution >= 4 is 17.6 Å². The maximum Gasteiger partial charge on any atom is 0.416 e. The lowest BCUT2D eigenvalue weighted by Crippen LogP contribution is -2.09. The molecule has 1 aromatic rings. The van der Waals surface area contributed by atoms with Crippen LogP contribution in [0.4, 0.5) is 19.0 Å². The summed E-state index contributed by atoms with van der Waals surface area (Å²) in [4.78, 5) is 3.83. The first kappa shape index (κ1) is 13.9. The van der Waals surface area contributed by atoms with Crippen LogP contribution in [0.2, 0.25) is 0 Å². The van der Waals surface area contributed by atoms with Crippen LogP contribution in [0.3, 0.4) is 0 Å². The van der Waals surface area contributed by atoms with Crippen LogP contribution in [-0.2, 0) is 6.18 Å². The number of hydrogen-bond acceptors (Lipinski definition) is 3. The molecule has 0 aromatic carbocycles. The van der Waals surface area contributed by atoms with Gasteiger partial charge in [-0.05, 0) is 12.1 Å². The summed E-state index contributed by atoms with van der Waals surface area (Å²) in [6.45, 7) is 4.15. The van der Waals surface area contributed by atoms with E-state index in [0.717, 1.165) is 29.8 Å². The molecule has 0 unspecified atom stereocenters. The lowest BCUT2D eigenvalue weighted by Gasteiger charge is -2.09. The fourth-order valence-electron chi connectivity index (χ4n) is 1.12. The number of alkyl halides is 3. The van der Waals surface area contributed by atoms with Gasteiger partial charge in [0.05, 0.1) is 5.56 Å². The number of nitrogens with one attached hydrogen (secondary N) is 1. The topological polar surface area (TPSA) is 24.9 Å². The molecule has 0 aliphatic carbocycles. The van der Waals surface area contributed by atoms with E-state index in [2.05, 4.69) is 16.9 Å². The van der Waals surface area contributed by atoms with Gasteiger partial charge in [-0.1, -0.05) is 6.08 Å². The first-order valence-corrected chi connectivity index (χ1v) is 6.15. The minimum absolute atomic E-state index is 0.249. The summed E-state index contributed by atoms with van der Waals surface area (Å²) in [7, 11) is 0. The molecule has 0 radical (unpaired) electrons. The maximum absolute atomic E-state index is 12.4. The third-order valence-corrected chi connectivity index (χ3v) is 2.84. The number of thioether (sulfide) groups is 1. The molecule has 0 saturated heterocycles. The molecule has 0 aliphatic rings. The molecule has 2 nitrogen and oxygen atoms in total. The van der Waals surface area contributed by atoms with E-state index >= 15 is 0 Å². The Morgan fingerprint density at radius 2 is 2.24 bits per heavy atom. The lowest BCUT2D eigenvalue weighted by molar-refractivity contribution is -0.137. The Morgan fingerprint density at radius 3 is 2.88 bits per heavy atom. The molecule has 1 rings (SSSR count). The first-order valence-electron chi connectivity index (χ1n) is 5.00. The van der Waals surface area contributed by atoms with Crippen LogP contribution >= 0.6 is 11.8 Å². The van der Waals surface area contributed by atoms with Crippen molar-refractivity contribution in [2.24, 2.45) is 0 Å². The number of pyridine rings is 1. The van der Waals surface area contributed by atoms with Gasteiger partial charge >= 0.3 is 6.18 Å². The highest BCUT2D eigenvalue weighted by atomic mass is 32.2. The number of anilines is 1. The van der Waals surface area contributed by atoms with E-state index in [4.69, 9.17) is 0 Å². The van der Waals surface area contributed by atoms with Gasteiger partial charge < -0.3 is 5.32 Å². The molecule has 1 aromatic heterocycles. The molecule has 1 N–H and O–H groups in total. The smallest absolute Gasteiger partial charge is 0.369 e. The van der Waals surface area contributed by atoms with E-state index in [1.165, 1.54) is 0 Å². The summed E-state index contributed by atoms with van der Waals surface area (Å²) in [6.07, 6.45) is -1.38. The molecule has 0 aliphatic heterocycles. The Bertz CT molecular complexity index is 366. The monoisotopic (exact) mass is 262 g/mol. The van der Waals surface area contributed by atoms with Crippen molar-refractivity contribution in [3.05, 3.63) is 36.5 Å². The van der Waals surface area contributed by atoms with E-state index < -0.39 is 11.7 Å². The third-order valence-electron chi connectivity index (χ3n) is 1.88. The zero-order chi connectivity index (χ0) is 12.7. The van der Waals surface area contributed by atoms with Crippen molar-refractivity contribution in [2.75, 3.05) is 23.4 Å². The number of hydrogen-bond donors (Lipinski definition) is 1. The minimum atomic E-state index is -4.32. The quantitative estimate of drug-likeness (QED) is 0.628. The molecule has 0 bridgehead atoms. The van der Waals surface area contributed by atoms with Crippen molar-refractivity contribution in [2.45, 2.75) is 6.18 Å². The van der Waals surface area contributed by atoms with Gasteiger partial charge in [-0.25, -0.2) is 4.98 Å². The van der Waals surface area contributed by atoms with Gasteiger partial charge in [-0.3, -0.25) is 0 Å². The summed E-state index contributed by atoms with van der Waals surface area (Å²) in [5, 5.41) is 2.85. The van der Waals surface area contributed by atoms with Gasteiger partial charge in [-0.15, -0.1) is 6.58 Å². The van der Waals surface area contributed by atoms with Crippen molar-refractivity contribution in [1.82, 2.24) is 4.98 Å². The zero-order valence-corrected chi connectivity index (χ0v) is 9.94. The second-order valence-electron chi connectivity index (χ2n) is 3.22. The molecule has 0 atom stereocenters. The molecular weight excluding hydrogens is 249 g/mol. The van der Waals surface area contributed by atoms with Crippen LogP contribution in [0.5, 0.6) is 0 Å². The predicted molar refractivity (Wildman–Crippen MR) is 65.3 cm³/mol. The van der Waals surface area contributed by atoms with Gasteiger partial charge in [0.2, 0.25) is 0 Å². The Kier molecular flexibility index (Phi) is 5.34. The Morgan fingerprint density at radius 1 is 1.47 bits per heavy atom. The highest BCUT2D eigenvalue weighted by molar-refractivity contribution is 7.99. The average molecular weight is 262 g/mol. The highest BCUT2D eigenvalue weighted by Crippen LogP contribution is 2.29. The normalized spacial score (nSPS) is 11.2. The fourth-order valence-corrected chi connectivity index (χ4v) is 1.70. The Balaban J connectivity index is 2.46. The van der Waals surface area contributed by atoms with Gasteiger partial charge in [-0.2, -0.15) is 24.9 Å². The first-order chi connectivity index (χ1) is 8.04. The molecule has 1 heterocycles. The Hall–Kier alpha value is -1.17.